The van der Waals surface area contributed by atoms with Crippen molar-refractivity contribution >= 4 is 32.7 Å². The molecule has 12 rings (SSSR count). The molecule has 0 fully saturated rings. The molecule has 0 amide bonds. The van der Waals surface area contributed by atoms with Gasteiger partial charge in [0, 0.05) is 89.4 Å². The van der Waals surface area contributed by atoms with E-state index in [9.17, 15) is 0 Å². The number of aromatic nitrogens is 3. The maximum atomic E-state index is 5.40. The van der Waals surface area contributed by atoms with Gasteiger partial charge in [-0.3, -0.25) is 0 Å². The highest BCUT2D eigenvalue weighted by molar-refractivity contribution is 5.98. The van der Waals surface area contributed by atoms with E-state index in [1.165, 1.54) is 133 Å². The highest BCUT2D eigenvalue weighted by Gasteiger charge is 2.29. The number of nitrogens with zero attached hydrogens (tertiary/aromatic N) is 2. The second-order valence-electron chi connectivity index (χ2n) is 22.9. The Bertz CT molecular complexity index is 3470. The average Bonchev–Trinajstić information content (AvgIpc) is 4.19. The molecule has 3 heterocycles. The quantitative estimate of drug-likeness (QED) is 0.154. The molecule has 71 heavy (non-hydrogen) atoms. The van der Waals surface area contributed by atoms with E-state index in [0.717, 1.165) is 32.4 Å². The minimum absolute atomic E-state index is 0.550. The number of aryl methyl sites for hydroxylation is 1. The number of hydrogen-bond donors (Lipinski definition) is 1. The number of methoxy groups -OCH3 is 1. The molecule has 0 atom stereocenters. The van der Waals surface area contributed by atoms with E-state index in [0.29, 0.717) is 35.5 Å². The lowest BCUT2D eigenvalue weighted by Gasteiger charge is -2.13. The van der Waals surface area contributed by atoms with Gasteiger partial charge in [-0.15, -0.1) is 0 Å². The van der Waals surface area contributed by atoms with E-state index in [1.807, 2.05) is 0 Å². The van der Waals surface area contributed by atoms with Crippen LogP contribution in [-0.2, 0) is 37.6 Å². The monoisotopic (exact) mass is 940 g/mol. The summed E-state index contributed by atoms with van der Waals surface area (Å²) in [7, 11) is 3.99. The molecule has 9 aromatic rings. The van der Waals surface area contributed by atoms with Crippen molar-refractivity contribution in [3.63, 3.8) is 0 Å². The van der Waals surface area contributed by atoms with Crippen molar-refractivity contribution in [3.8, 4) is 33.8 Å². The fourth-order valence-electron chi connectivity index (χ4n) is 11.8. The predicted octanol–water partition coefficient (Wildman–Crippen LogP) is 18.1. The van der Waals surface area contributed by atoms with Crippen LogP contribution in [0.4, 0.5) is 0 Å². The van der Waals surface area contributed by atoms with Gasteiger partial charge in [0.2, 0.25) is 0 Å². The van der Waals surface area contributed by atoms with E-state index in [2.05, 4.69) is 213 Å². The molecule has 6 aromatic carbocycles. The first-order chi connectivity index (χ1) is 34.0. The number of nitrogens with one attached hydrogen (secondary N) is 1. The third kappa shape index (κ3) is 8.69. The molecule has 3 aliphatic carbocycles. The Morgan fingerprint density at radius 3 is 1.35 bits per heavy atom. The van der Waals surface area contributed by atoms with Gasteiger partial charge in [0.1, 0.15) is 0 Å². The summed E-state index contributed by atoms with van der Waals surface area (Å²) in [5.41, 5.74) is 29.9. The van der Waals surface area contributed by atoms with Gasteiger partial charge in [0.25, 0.3) is 0 Å². The Labute approximate surface area is 424 Å². The summed E-state index contributed by atoms with van der Waals surface area (Å²) in [6.07, 6.45) is 3.18. The van der Waals surface area contributed by atoms with Crippen molar-refractivity contribution in [3.05, 3.63) is 176 Å². The third-order valence-electron chi connectivity index (χ3n) is 16.2. The van der Waals surface area contributed by atoms with E-state index < -0.39 is 0 Å². The minimum Gasteiger partial charge on any atom is -0.383 e. The molecule has 1 N–H and O–H groups in total. The fraction of sp³-hybridized carbons (Fsp3) is 0.373. The van der Waals surface area contributed by atoms with Gasteiger partial charge >= 0.3 is 0 Å². The summed E-state index contributed by atoms with van der Waals surface area (Å²) in [6.45, 7) is 28.9. The zero-order valence-corrected chi connectivity index (χ0v) is 45.2. The second-order valence-corrected chi connectivity index (χ2v) is 22.9. The topological polar surface area (TPSA) is 34.9 Å². The number of rotatable bonds is 9. The van der Waals surface area contributed by atoms with Crippen molar-refractivity contribution in [1.29, 1.82) is 0 Å². The second kappa shape index (κ2) is 19.1. The van der Waals surface area contributed by atoms with Crippen LogP contribution in [0.3, 0.4) is 0 Å². The summed E-state index contributed by atoms with van der Waals surface area (Å²) >= 11 is 0. The highest BCUT2D eigenvalue weighted by Crippen LogP contribution is 2.46. The molecular formula is C67H77N3O. The lowest BCUT2D eigenvalue weighted by molar-refractivity contribution is 0.189. The van der Waals surface area contributed by atoms with Crippen LogP contribution in [-0.4, -0.2) is 27.8 Å². The van der Waals surface area contributed by atoms with Crippen molar-refractivity contribution in [1.82, 2.24) is 14.1 Å². The van der Waals surface area contributed by atoms with Crippen LogP contribution < -0.4 is 0 Å². The normalized spacial score (nSPS) is 13.1. The van der Waals surface area contributed by atoms with Gasteiger partial charge in [0.05, 0.1) is 23.7 Å². The number of hydrogen-bond acceptors (Lipinski definition) is 1. The predicted molar refractivity (Wildman–Crippen MR) is 304 cm³/mol. The van der Waals surface area contributed by atoms with Crippen LogP contribution >= 0.6 is 0 Å². The standard InChI is InChI=1S/C24H29NO.C22H25N.C21H23N/c1-15(2)17-6-8-20-19(12-17)14-22-21-13-18(16(3)4)7-9-23(21)25(24(20)22)10-11-26-5;1-13(2)15-6-8-18-17(10-15)12-20-19-11-16(14(3)4)7-9-21(19)23(5)22(18)20;1-12(2)14-5-7-17-16(9-14)11-19-18-10-15(13(3)4)6-8-20(18)22-21(17)19/h6-9,12-13,15-16H,10-11,14H2,1-5H3;6-11,13-14H,12H2,1-5H3;5-10,12-13,22H,11H2,1-4H3. The Morgan fingerprint density at radius 2 is 0.831 bits per heavy atom. The van der Waals surface area contributed by atoms with Crippen LogP contribution in [0.15, 0.2) is 109 Å². The Balaban J connectivity index is 0.000000123. The molecule has 0 radical (unpaired) electrons. The average molecular weight is 940 g/mol. The number of aromatic amines is 1. The van der Waals surface area contributed by atoms with Crippen molar-refractivity contribution in [2.24, 2.45) is 7.05 Å². The fourth-order valence-corrected chi connectivity index (χ4v) is 11.8. The molecule has 4 heteroatoms. The molecule has 0 spiro atoms. The molecular weight excluding hydrogens is 863 g/mol. The van der Waals surface area contributed by atoms with Gasteiger partial charge in [-0.25, -0.2) is 0 Å². The molecule has 0 saturated heterocycles. The molecule has 0 saturated carbocycles. The van der Waals surface area contributed by atoms with Crippen LogP contribution in [0.5, 0.6) is 0 Å². The highest BCUT2D eigenvalue weighted by atomic mass is 16.5. The van der Waals surface area contributed by atoms with Gasteiger partial charge < -0.3 is 18.9 Å². The van der Waals surface area contributed by atoms with E-state index >= 15 is 0 Å². The van der Waals surface area contributed by atoms with Crippen molar-refractivity contribution < 1.29 is 4.74 Å². The maximum absolute atomic E-state index is 5.40. The molecule has 0 unspecified atom stereocenters. The Kier molecular flexibility index (Phi) is 13.1. The molecule has 366 valence electrons. The van der Waals surface area contributed by atoms with Gasteiger partial charge in [0.15, 0.2) is 0 Å². The van der Waals surface area contributed by atoms with Gasteiger partial charge in [-0.2, -0.15) is 0 Å². The number of H-pyrrole nitrogens is 1. The molecule has 0 bridgehead atoms. The Morgan fingerprint density at radius 1 is 0.437 bits per heavy atom. The Hall–Kier alpha value is -6.10. The summed E-state index contributed by atoms with van der Waals surface area (Å²) in [6, 6.07) is 41.9. The maximum Gasteiger partial charge on any atom is 0.0642 e. The smallest absolute Gasteiger partial charge is 0.0642 e. The number of benzene rings is 6. The summed E-state index contributed by atoms with van der Waals surface area (Å²) in [4.78, 5) is 3.65. The zero-order valence-electron chi connectivity index (χ0n) is 45.2. The first-order valence-electron chi connectivity index (χ1n) is 26.8. The minimum atomic E-state index is 0.550. The van der Waals surface area contributed by atoms with Crippen molar-refractivity contribution in [2.75, 3.05) is 13.7 Å². The van der Waals surface area contributed by atoms with Gasteiger partial charge in [-0.1, -0.05) is 156 Å². The molecule has 3 aliphatic rings. The van der Waals surface area contributed by atoms with E-state index in [-0.39, 0.29) is 0 Å². The van der Waals surface area contributed by atoms with Crippen LogP contribution in [0.25, 0.3) is 66.5 Å². The number of fused-ring (bicyclic) bond motifs is 15. The lowest BCUT2D eigenvalue weighted by atomic mass is 9.97. The van der Waals surface area contributed by atoms with Crippen LogP contribution in [0.1, 0.15) is 185 Å². The van der Waals surface area contributed by atoms with Gasteiger partial charge in [-0.05, 0) is 139 Å². The molecule has 4 nitrogen and oxygen atoms in total. The largest absolute Gasteiger partial charge is 0.383 e. The summed E-state index contributed by atoms with van der Waals surface area (Å²) < 4.78 is 10.3. The first kappa shape index (κ1) is 48.5. The number of ether oxygens (including phenoxy) is 1. The van der Waals surface area contributed by atoms with E-state index in [1.54, 1.807) is 7.11 Å². The summed E-state index contributed by atoms with van der Waals surface area (Å²) in [5, 5.41) is 4.27. The van der Waals surface area contributed by atoms with Crippen molar-refractivity contribution in [2.45, 2.75) is 144 Å². The van der Waals surface area contributed by atoms with Crippen LogP contribution in [0, 0.1) is 0 Å². The SMILES string of the molecule is CC(C)c1ccc2c(c1)Cc1c-2[nH]c2ccc(C(C)C)cc12.CC(C)c1ccc2c(c1)Cc1c-2n(C)c2ccc(C(C)C)cc12.COCCn1c2c(c3cc(C(C)C)ccc31)Cc1cc(C(C)C)ccc1-2. The third-order valence-corrected chi connectivity index (χ3v) is 16.2. The lowest BCUT2D eigenvalue weighted by Crippen LogP contribution is -2.05. The first-order valence-corrected chi connectivity index (χ1v) is 26.8. The molecule has 0 aliphatic heterocycles. The zero-order chi connectivity index (χ0) is 50.2. The van der Waals surface area contributed by atoms with Crippen LogP contribution in [0.2, 0.25) is 0 Å². The summed E-state index contributed by atoms with van der Waals surface area (Å²) in [5.74, 6) is 3.45. The van der Waals surface area contributed by atoms with E-state index in [4.69, 9.17) is 4.74 Å². The molecule has 3 aromatic heterocycles.